The van der Waals surface area contributed by atoms with E-state index in [-0.39, 0.29) is 17.9 Å². The zero-order valence-electron chi connectivity index (χ0n) is 10.8. The molecule has 0 aromatic heterocycles. The van der Waals surface area contributed by atoms with Crippen LogP contribution in [0.25, 0.3) is 0 Å². The molecule has 7 heteroatoms. The molecule has 0 radical (unpaired) electrons. The summed E-state index contributed by atoms with van der Waals surface area (Å²) >= 11 is 0. The van der Waals surface area contributed by atoms with E-state index in [1.165, 1.54) is 18.2 Å². The van der Waals surface area contributed by atoms with Crippen LogP contribution in [-0.2, 0) is 9.53 Å². The lowest BCUT2D eigenvalue weighted by Crippen LogP contribution is -2.29. The number of carbonyl (C=O) groups excluding carboxylic acids is 2. The first-order valence-electron chi connectivity index (χ1n) is 6.00. The van der Waals surface area contributed by atoms with E-state index in [4.69, 9.17) is 4.74 Å². The summed E-state index contributed by atoms with van der Waals surface area (Å²) < 4.78 is 41.2. The van der Waals surface area contributed by atoms with Gasteiger partial charge in [-0.2, -0.15) is 13.2 Å². The number of unbranched alkanes of at least 4 members (excludes halogenated alkanes) is 1. The molecule has 1 amide bonds. The van der Waals surface area contributed by atoms with Crippen LogP contribution >= 0.6 is 0 Å². The van der Waals surface area contributed by atoms with Gasteiger partial charge < -0.3 is 10.1 Å². The first-order valence-corrected chi connectivity index (χ1v) is 6.00. The van der Waals surface area contributed by atoms with Crippen LogP contribution in [0.5, 0.6) is 0 Å². The third-order valence-corrected chi connectivity index (χ3v) is 2.34. The smallest absolute Gasteiger partial charge is 0.462 e. The molecule has 0 aliphatic rings. The van der Waals surface area contributed by atoms with Crippen molar-refractivity contribution in [1.82, 2.24) is 0 Å². The maximum atomic E-state index is 12.1. The molecule has 0 saturated carbocycles. The first-order chi connectivity index (χ1) is 9.34. The summed E-state index contributed by atoms with van der Waals surface area (Å²) in [6.07, 6.45) is -3.41. The number of halogens is 3. The summed E-state index contributed by atoms with van der Waals surface area (Å²) in [7, 11) is 0. The predicted molar refractivity (Wildman–Crippen MR) is 66.3 cm³/mol. The Morgan fingerprint density at radius 2 is 2.00 bits per heavy atom. The van der Waals surface area contributed by atoms with Crippen molar-refractivity contribution in [3.63, 3.8) is 0 Å². The van der Waals surface area contributed by atoms with Crippen LogP contribution in [0.15, 0.2) is 24.3 Å². The van der Waals surface area contributed by atoms with Crippen molar-refractivity contribution in [2.45, 2.75) is 25.9 Å². The standard InChI is InChI=1S/C13H14F3NO3/c1-2-3-7-20-11(18)9-5-4-6-10(8-9)17-12(19)13(14,15)16/h4-6,8H,2-3,7H2,1H3,(H,17,19). The molecular formula is C13H14F3NO3. The molecule has 0 bridgehead atoms. The molecule has 1 N–H and O–H groups in total. The Labute approximate surface area is 113 Å². The fourth-order valence-electron chi connectivity index (χ4n) is 1.32. The number of benzene rings is 1. The van der Waals surface area contributed by atoms with Gasteiger partial charge in [-0.1, -0.05) is 19.4 Å². The third kappa shape index (κ3) is 4.91. The Bertz CT molecular complexity index is 486. The van der Waals surface area contributed by atoms with Crippen molar-refractivity contribution in [3.8, 4) is 0 Å². The van der Waals surface area contributed by atoms with Crippen molar-refractivity contribution in [2.75, 3.05) is 11.9 Å². The lowest BCUT2D eigenvalue weighted by atomic mass is 10.2. The molecule has 1 aromatic carbocycles. The van der Waals surface area contributed by atoms with E-state index in [9.17, 15) is 22.8 Å². The van der Waals surface area contributed by atoms with E-state index in [1.54, 1.807) is 5.32 Å². The third-order valence-electron chi connectivity index (χ3n) is 2.34. The average Bonchev–Trinajstić information content (AvgIpc) is 2.38. The second kappa shape index (κ2) is 6.93. The highest BCUT2D eigenvalue weighted by Crippen LogP contribution is 2.19. The number of nitrogens with one attached hydrogen (secondary N) is 1. The molecule has 1 rings (SSSR count). The molecule has 0 unspecified atom stereocenters. The molecule has 0 atom stereocenters. The summed E-state index contributed by atoms with van der Waals surface area (Å²) in [5.41, 5.74) is -0.0293. The SMILES string of the molecule is CCCCOC(=O)c1cccc(NC(=O)C(F)(F)F)c1. The van der Waals surface area contributed by atoms with E-state index < -0.39 is 18.1 Å². The zero-order chi connectivity index (χ0) is 15.2. The molecule has 4 nitrogen and oxygen atoms in total. The molecule has 0 aliphatic carbocycles. The maximum absolute atomic E-state index is 12.1. The van der Waals surface area contributed by atoms with E-state index in [1.807, 2.05) is 6.92 Å². The molecular weight excluding hydrogens is 275 g/mol. The van der Waals surface area contributed by atoms with Crippen molar-refractivity contribution >= 4 is 17.6 Å². The number of esters is 1. The van der Waals surface area contributed by atoms with Gasteiger partial charge in [-0.3, -0.25) is 4.79 Å². The summed E-state index contributed by atoms with van der Waals surface area (Å²) in [6.45, 7) is 2.18. The molecule has 0 heterocycles. The maximum Gasteiger partial charge on any atom is 0.471 e. The number of amides is 1. The fraction of sp³-hybridized carbons (Fsp3) is 0.385. The number of anilines is 1. The Balaban J connectivity index is 2.71. The largest absolute Gasteiger partial charge is 0.471 e. The van der Waals surface area contributed by atoms with Gasteiger partial charge in [-0.15, -0.1) is 0 Å². The highest BCUT2D eigenvalue weighted by Gasteiger charge is 2.38. The van der Waals surface area contributed by atoms with Gasteiger partial charge in [0, 0.05) is 5.69 Å². The highest BCUT2D eigenvalue weighted by atomic mass is 19.4. The molecule has 1 aromatic rings. The summed E-state index contributed by atoms with van der Waals surface area (Å²) in [5.74, 6) is -2.73. The molecule has 0 fully saturated rings. The molecule has 20 heavy (non-hydrogen) atoms. The average molecular weight is 289 g/mol. The van der Waals surface area contributed by atoms with Crippen LogP contribution in [0.2, 0.25) is 0 Å². The van der Waals surface area contributed by atoms with Gasteiger partial charge >= 0.3 is 18.1 Å². The van der Waals surface area contributed by atoms with Gasteiger partial charge in [0.05, 0.1) is 12.2 Å². The summed E-state index contributed by atoms with van der Waals surface area (Å²) in [6, 6.07) is 5.16. The van der Waals surface area contributed by atoms with E-state index in [0.717, 1.165) is 12.5 Å². The minimum absolute atomic E-state index is 0.0843. The minimum atomic E-state index is -4.97. The number of hydrogen-bond donors (Lipinski definition) is 1. The molecule has 110 valence electrons. The van der Waals surface area contributed by atoms with Gasteiger partial charge in [-0.05, 0) is 24.6 Å². The van der Waals surface area contributed by atoms with Gasteiger partial charge in [-0.25, -0.2) is 4.79 Å². The predicted octanol–water partition coefficient (Wildman–Crippen LogP) is 3.14. The van der Waals surface area contributed by atoms with Gasteiger partial charge in [0.1, 0.15) is 0 Å². The lowest BCUT2D eigenvalue weighted by molar-refractivity contribution is -0.167. The summed E-state index contributed by atoms with van der Waals surface area (Å²) in [5, 5.41) is 1.67. The number of rotatable bonds is 5. The Morgan fingerprint density at radius 3 is 2.60 bits per heavy atom. The van der Waals surface area contributed by atoms with Gasteiger partial charge in [0.15, 0.2) is 0 Å². The number of hydrogen-bond acceptors (Lipinski definition) is 3. The molecule has 0 spiro atoms. The van der Waals surface area contributed by atoms with Crippen LogP contribution < -0.4 is 5.32 Å². The monoisotopic (exact) mass is 289 g/mol. The quantitative estimate of drug-likeness (QED) is 0.669. The fourth-order valence-corrected chi connectivity index (χ4v) is 1.32. The van der Waals surface area contributed by atoms with Crippen molar-refractivity contribution in [3.05, 3.63) is 29.8 Å². The van der Waals surface area contributed by atoms with Crippen molar-refractivity contribution in [1.29, 1.82) is 0 Å². The zero-order valence-corrected chi connectivity index (χ0v) is 10.8. The molecule has 0 aliphatic heterocycles. The van der Waals surface area contributed by atoms with E-state index in [2.05, 4.69) is 0 Å². The van der Waals surface area contributed by atoms with E-state index >= 15 is 0 Å². The first kappa shape index (κ1) is 16.0. The second-order valence-corrected chi connectivity index (χ2v) is 4.02. The Morgan fingerprint density at radius 1 is 1.30 bits per heavy atom. The molecule has 0 saturated heterocycles. The highest BCUT2D eigenvalue weighted by molar-refractivity contribution is 5.97. The number of carbonyl (C=O) groups is 2. The second-order valence-electron chi connectivity index (χ2n) is 4.02. The topological polar surface area (TPSA) is 55.4 Å². The van der Waals surface area contributed by atoms with Crippen LogP contribution in [0.3, 0.4) is 0 Å². The lowest BCUT2D eigenvalue weighted by Gasteiger charge is -2.09. The number of alkyl halides is 3. The van der Waals surface area contributed by atoms with Crippen LogP contribution in [-0.4, -0.2) is 24.7 Å². The minimum Gasteiger partial charge on any atom is -0.462 e. The van der Waals surface area contributed by atoms with Crippen molar-refractivity contribution in [2.24, 2.45) is 0 Å². The van der Waals surface area contributed by atoms with E-state index in [0.29, 0.717) is 6.42 Å². The van der Waals surface area contributed by atoms with Gasteiger partial charge in [0.25, 0.3) is 0 Å². The summed E-state index contributed by atoms with van der Waals surface area (Å²) in [4.78, 5) is 22.4. The van der Waals surface area contributed by atoms with Gasteiger partial charge in [0.2, 0.25) is 0 Å². The van der Waals surface area contributed by atoms with Crippen LogP contribution in [0, 0.1) is 0 Å². The normalized spacial score (nSPS) is 11.0. The Hall–Kier alpha value is -2.05. The van der Waals surface area contributed by atoms with Crippen LogP contribution in [0.1, 0.15) is 30.1 Å². The number of ether oxygens (including phenoxy) is 1. The van der Waals surface area contributed by atoms with Crippen LogP contribution in [0.4, 0.5) is 18.9 Å². The van der Waals surface area contributed by atoms with Crippen molar-refractivity contribution < 1.29 is 27.5 Å². The Kier molecular flexibility index (Phi) is 5.54.